The highest BCUT2D eigenvalue weighted by Crippen LogP contribution is 2.25. The number of furan rings is 1. The van der Waals surface area contributed by atoms with Gasteiger partial charge in [-0.05, 0) is 37.7 Å². The van der Waals surface area contributed by atoms with Crippen molar-refractivity contribution in [3.8, 4) is 5.75 Å². The Labute approximate surface area is 128 Å². The first kappa shape index (κ1) is 17.2. The summed E-state index contributed by atoms with van der Waals surface area (Å²) in [6, 6.07) is 7.34. The number of benzene rings is 1. The van der Waals surface area contributed by atoms with E-state index in [9.17, 15) is 4.79 Å². The predicted molar refractivity (Wildman–Crippen MR) is 88.3 cm³/mol. The molecular formula is C17H27NO3. The van der Waals surface area contributed by atoms with E-state index in [-0.39, 0.29) is 13.3 Å². The van der Waals surface area contributed by atoms with Crippen LogP contribution in [-0.4, -0.2) is 25.0 Å². The third kappa shape index (κ3) is 4.90. The normalized spacial score (nSPS) is 11.7. The van der Waals surface area contributed by atoms with E-state index in [2.05, 4.69) is 12.2 Å². The third-order valence-electron chi connectivity index (χ3n) is 2.85. The molecule has 0 saturated heterocycles. The lowest BCUT2D eigenvalue weighted by atomic mass is 10.2. The fraction of sp³-hybridized carbons (Fsp3) is 0.471. The van der Waals surface area contributed by atoms with Gasteiger partial charge in [0.05, 0.1) is 0 Å². The Bertz CT molecular complexity index is 580. The molecule has 1 aromatic heterocycles. The van der Waals surface area contributed by atoms with Crippen LogP contribution < -0.4 is 10.1 Å². The van der Waals surface area contributed by atoms with E-state index in [0.29, 0.717) is 11.3 Å². The standard InChI is InChI=1S/C15H19NO3.C2H6.H2/c1-4-16-9-10(2)18-13-5-6-14-12(7-13)8-15(19-14)11(3)17;1-2;/h5-8,10,16H,4,9H2,1-3H3;1-2H3;1H/t10-;;/m0../s1. The summed E-state index contributed by atoms with van der Waals surface area (Å²) in [6.45, 7) is 11.3. The molecule has 1 heterocycles. The molecule has 0 spiro atoms. The number of ketones is 1. The van der Waals surface area contributed by atoms with Gasteiger partial charge < -0.3 is 14.5 Å². The number of carbonyl (C=O) groups excluding carboxylic acids is 1. The van der Waals surface area contributed by atoms with E-state index in [4.69, 9.17) is 9.15 Å². The molecule has 1 aromatic carbocycles. The summed E-state index contributed by atoms with van der Waals surface area (Å²) in [4.78, 5) is 11.3. The van der Waals surface area contributed by atoms with Crippen molar-refractivity contribution in [2.45, 2.75) is 40.7 Å². The number of nitrogens with one attached hydrogen (secondary N) is 1. The smallest absolute Gasteiger partial charge is 0.194 e. The molecule has 4 heteroatoms. The highest BCUT2D eigenvalue weighted by atomic mass is 16.5. The van der Waals surface area contributed by atoms with Gasteiger partial charge in [-0.3, -0.25) is 4.79 Å². The minimum absolute atomic E-state index is 0. The van der Waals surface area contributed by atoms with Crippen molar-refractivity contribution in [2.24, 2.45) is 0 Å². The largest absolute Gasteiger partial charge is 0.489 e. The molecule has 0 aliphatic heterocycles. The van der Waals surface area contributed by atoms with Crippen LogP contribution in [0.2, 0.25) is 0 Å². The molecule has 1 atom stereocenters. The van der Waals surface area contributed by atoms with Crippen molar-refractivity contribution in [1.29, 1.82) is 0 Å². The van der Waals surface area contributed by atoms with Gasteiger partial charge in [0.25, 0.3) is 0 Å². The zero-order valence-corrected chi connectivity index (χ0v) is 13.5. The number of ether oxygens (including phenoxy) is 1. The molecule has 0 aliphatic carbocycles. The second kappa shape index (κ2) is 8.47. The quantitative estimate of drug-likeness (QED) is 0.807. The Morgan fingerprint density at radius 3 is 2.71 bits per heavy atom. The average Bonchev–Trinajstić information content (AvgIpc) is 2.90. The maximum atomic E-state index is 11.3. The van der Waals surface area contributed by atoms with Crippen LogP contribution in [0.25, 0.3) is 11.0 Å². The number of hydrogen-bond donors (Lipinski definition) is 1. The Kier molecular flexibility index (Phi) is 6.96. The summed E-state index contributed by atoms with van der Waals surface area (Å²) in [6.07, 6.45) is 0.0941. The predicted octanol–water partition coefficient (Wildman–Crippen LogP) is 4.28. The second-order valence-electron chi connectivity index (χ2n) is 4.60. The van der Waals surface area contributed by atoms with E-state index in [1.165, 1.54) is 6.92 Å². The van der Waals surface area contributed by atoms with Crippen molar-refractivity contribution < 1.29 is 15.4 Å². The summed E-state index contributed by atoms with van der Waals surface area (Å²) < 4.78 is 11.2. The molecule has 4 nitrogen and oxygen atoms in total. The minimum atomic E-state index is -0.0702. The van der Waals surface area contributed by atoms with Gasteiger partial charge in [0.2, 0.25) is 0 Å². The Hall–Kier alpha value is -1.81. The monoisotopic (exact) mass is 293 g/mol. The fourth-order valence-electron chi connectivity index (χ4n) is 1.89. The number of fused-ring (bicyclic) bond motifs is 1. The van der Waals surface area contributed by atoms with Crippen LogP contribution in [-0.2, 0) is 0 Å². The maximum absolute atomic E-state index is 11.3. The topological polar surface area (TPSA) is 51.5 Å². The van der Waals surface area contributed by atoms with E-state index in [0.717, 1.165) is 24.2 Å². The van der Waals surface area contributed by atoms with Crippen LogP contribution in [0.5, 0.6) is 5.75 Å². The van der Waals surface area contributed by atoms with Gasteiger partial charge in [-0.2, -0.15) is 0 Å². The number of carbonyl (C=O) groups is 1. The molecule has 0 aliphatic rings. The van der Waals surface area contributed by atoms with Gasteiger partial charge in [-0.1, -0.05) is 20.8 Å². The average molecular weight is 293 g/mol. The van der Waals surface area contributed by atoms with Crippen LogP contribution in [0.3, 0.4) is 0 Å². The highest BCUT2D eigenvalue weighted by Gasteiger charge is 2.09. The number of hydrogen-bond acceptors (Lipinski definition) is 4. The molecule has 21 heavy (non-hydrogen) atoms. The van der Waals surface area contributed by atoms with E-state index < -0.39 is 0 Å². The molecule has 0 radical (unpaired) electrons. The summed E-state index contributed by atoms with van der Waals surface area (Å²) in [5.74, 6) is 1.10. The van der Waals surface area contributed by atoms with Gasteiger partial charge >= 0.3 is 0 Å². The van der Waals surface area contributed by atoms with Crippen molar-refractivity contribution in [3.05, 3.63) is 30.0 Å². The highest BCUT2D eigenvalue weighted by molar-refractivity contribution is 5.96. The zero-order valence-electron chi connectivity index (χ0n) is 13.5. The summed E-state index contributed by atoms with van der Waals surface area (Å²) >= 11 is 0. The molecule has 2 rings (SSSR count). The van der Waals surface area contributed by atoms with Gasteiger partial charge in [0.15, 0.2) is 11.5 Å². The fourth-order valence-corrected chi connectivity index (χ4v) is 1.89. The molecule has 0 saturated carbocycles. The molecular weight excluding hydrogens is 266 g/mol. The van der Waals surface area contributed by atoms with Crippen LogP contribution in [0.4, 0.5) is 0 Å². The van der Waals surface area contributed by atoms with Gasteiger partial charge in [0.1, 0.15) is 17.4 Å². The molecule has 0 fully saturated rings. The summed E-state index contributed by atoms with van der Waals surface area (Å²) in [7, 11) is 0. The lowest BCUT2D eigenvalue weighted by Crippen LogP contribution is -2.28. The Balaban J connectivity index is 0.00000141. The SMILES string of the molecule is CC.CCNC[C@H](C)Oc1ccc2oc(C(C)=O)cc2c1.[HH]. The van der Waals surface area contributed by atoms with Crippen molar-refractivity contribution in [2.75, 3.05) is 13.1 Å². The third-order valence-corrected chi connectivity index (χ3v) is 2.85. The van der Waals surface area contributed by atoms with Crippen molar-refractivity contribution >= 4 is 16.8 Å². The summed E-state index contributed by atoms with van der Waals surface area (Å²) in [5.41, 5.74) is 0.705. The van der Waals surface area contributed by atoms with Gasteiger partial charge in [-0.15, -0.1) is 0 Å². The summed E-state index contributed by atoms with van der Waals surface area (Å²) in [5, 5.41) is 4.12. The van der Waals surface area contributed by atoms with E-state index in [1.54, 1.807) is 6.07 Å². The first-order valence-corrected chi connectivity index (χ1v) is 7.52. The number of likely N-dealkylation sites (N-methyl/N-ethyl adjacent to an activating group) is 1. The second-order valence-corrected chi connectivity index (χ2v) is 4.60. The first-order chi connectivity index (χ1) is 10.1. The molecule has 1 N–H and O–H groups in total. The van der Waals surface area contributed by atoms with Gasteiger partial charge in [-0.25, -0.2) is 0 Å². The molecule has 2 aromatic rings. The minimum Gasteiger partial charge on any atom is -0.489 e. The number of rotatable bonds is 6. The van der Waals surface area contributed by atoms with E-state index >= 15 is 0 Å². The molecule has 0 unspecified atom stereocenters. The lowest BCUT2D eigenvalue weighted by Gasteiger charge is -2.14. The van der Waals surface area contributed by atoms with Crippen LogP contribution >= 0.6 is 0 Å². The van der Waals surface area contributed by atoms with Crippen LogP contribution in [0.1, 0.15) is 46.6 Å². The molecule has 0 bridgehead atoms. The van der Waals surface area contributed by atoms with Crippen LogP contribution in [0, 0.1) is 0 Å². The van der Waals surface area contributed by atoms with Crippen LogP contribution in [0.15, 0.2) is 28.7 Å². The molecule has 0 amide bonds. The van der Waals surface area contributed by atoms with Crippen molar-refractivity contribution in [3.63, 3.8) is 0 Å². The number of Topliss-reactive ketones (excluding diaryl/α,β-unsaturated/α-hetero) is 1. The first-order valence-electron chi connectivity index (χ1n) is 7.52. The Morgan fingerprint density at radius 1 is 1.38 bits per heavy atom. The van der Waals surface area contributed by atoms with Crippen molar-refractivity contribution in [1.82, 2.24) is 5.32 Å². The maximum Gasteiger partial charge on any atom is 0.194 e. The van der Waals surface area contributed by atoms with Gasteiger partial charge in [0, 0.05) is 20.3 Å². The lowest BCUT2D eigenvalue weighted by molar-refractivity contribution is 0.0989. The zero-order chi connectivity index (χ0) is 15.8. The van der Waals surface area contributed by atoms with E-state index in [1.807, 2.05) is 39.0 Å². The Morgan fingerprint density at radius 2 is 2.10 bits per heavy atom. The molecule has 118 valence electrons.